The highest BCUT2D eigenvalue weighted by Gasteiger charge is 2.28. The second-order valence-corrected chi connectivity index (χ2v) is 9.89. The minimum absolute atomic E-state index is 0.00700. The zero-order valence-corrected chi connectivity index (χ0v) is 19.9. The van der Waals surface area contributed by atoms with Gasteiger partial charge in [0.25, 0.3) is 5.91 Å². The van der Waals surface area contributed by atoms with E-state index in [9.17, 15) is 18.3 Å². The fraction of sp³-hybridized carbons (Fsp3) is 0.130. The van der Waals surface area contributed by atoms with E-state index in [1.54, 1.807) is 48.5 Å². The van der Waals surface area contributed by atoms with Crippen LogP contribution in [-0.4, -0.2) is 36.5 Å². The quantitative estimate of drug-likeness (QED) is 0.351. The molecule has 0 fully saturated rings. The number of phenolic OH excluding ortho intramolecular Hbond substituents is 1. The number of rotatable bonds is 8. The van der Waals surface area contributed by atoms with Crippen LogP contribution in [0.5, 0.6) is 5.75 Å². The van der Waals surface area contributed by atoms with Crippen molar-refractivity contribution < 1.29 is 18.3 Å². The summed E-state index contributed by atoms with van der Waals surface area (Å²) in [5, 5.41) is 14.1. The Labute approximate surface area is 202 Å². The van der Waals surface area contributed by atoms with Crippen LogP contribution >= 0.6 is 23.2 Å². The van der Waals surface area contributed by atoms with Crippen molar-refractivity contribution in [1.82, 2.24) is 9.73 Å². The maximum Gasteiger partial charge on any atom is 0.255 e. The van der Waals surface area contributed by atoms with E-state index in [-0.39, 0.29) is 27.2 Å². The van der Waals surface area contributed by atoms with Crippen LogP contribution in [0, 0.1) is 6.92 Å². The highest BCUT2D eigenvalue weighted by atomic mass is 35.5. The fourth-order valence-electron chi connectivity index (χ4n) is 2.91. The van der Waals surface area contributed by atoms with Gasteiger partial charge in [0.2, 0.25) is 10.0 Å². The lowest BCUT2D eigenvalue weighted by molar-refractivity contribution is -0.121. The number of sulfonamides is 1. The Morgan fingerprint density at radius 3 is 2.30 bits per heavy atom. The number of hydrazone groups is 1. The molecule has 3 aromatic rings. The summed E-state index contributed by atoms with van der Waals surface area (Å²) in [4.78, 5) is 12.6. The Balaban J connectivity index is 1.85. The molecule has 0 heterocycles. The maximum atomic E-state index is 13.3. The third kappa shape index (κ3) is 6.33. The topological polar surface area (TPSA) is 99.1 Å². The summed E-state index contributed by atoms with van der Waals surface area (Å²) >= 11 is 12.5. The van der Waals surface area contributed by atoms with Gasteiger partial charge in [-0.1, -0.05) is 59.1 Å². The second-order valence-electron chi connectivity index (χ2n) is 7.14. The first-order valence-corrected chi connectivity index (χ1v) is 12.0. The Hall–Kier alpha value is -2.91. The molecule has 0 aliphatic heterocycles. The highest BCUT2D eigenvalue weighted by Crippen LogP contribution is 2.28. The van der Waals surface area contributed by atoms with Crippen molar-refractivity contribution >= 4 is 45.3 Å². The van der Waals surface area contributed by atoms with Crippen LogP contribution in [0.4, 0.5) is 0 Å². The molecule has 172 valence electrons. The molecule has 10 heteroatoms. The van der Waals surface area contributed by atoms with Gasteiger partial charge in [-0.05, 0) is 43.3 Å². The van der Waals surface area contributed by atoms with E-state index in [1.165, 1.54) is 24.4 Å². The van der Waals surface area contributed by atoms with Crippen LogP contribution in [0.1, 0.15) is 16.7 Å². The van der Waals surface area contributed by atoms with E-state index in [2.05, 4.69) is 10.5 Å². The molecule has 7 nitrogen and oxygen atoms in total. The molecule has 1 amide bonds. The van der Waals surface area contributed by atoms with Gasteiger partial charge < -0.3 is 5.11 Å². The molecule has 0 aromatic heterocycles. The van der Waals surface area contributed by atoms with Crippen molar-refractivity contribution in [3.05, 3.63) is 93.5 Å². The summed E-state index contributed by atoms with van der Waals surface area (Å²) < 4.78 is 27.7. The monoisotopic (exact) mass is 505 g/mol. The molecule has 0 aliphatic carbocycles. The largest absolute Gasteiger partial charge is 0.507 e. The number of carbonyl (C=O) groups excluding carboxylic acids is 1. The number of benzene rings is 3. The average molecular weight is 506 g/mol. The lowest BCUT2D eigenvalue weighted by Gasteiger charge is -2.22. The molecular formula is C23H21Cl2N3O4S. The highest BCUT2D eigenvalue weighted by molar-refractivity contribution is 7.89. The average Bonchev–Trinajstić information content (AvgIpc) is 2.77. The molecule has 0 saturated carbocycles. The van der Waals surface area contributed by atoms with E-state index in [0.717, 1.165) is 9.87 Å². The van der Waals surface area contributed by atoms with Gasteiger partial charge >= 0.3 is 0 Å². The number of phenols is 1. The predicted molar refractivity (Wildman–Crippen MR) is 129 cm³/mol. The molecule has 3 aromatic carbocycles. The molecule has 0 spiro atoms. The Kier molecular flexibility index (Phi) is 8.10. The summed E-state index contributed by atoms with van der Waals surface area (Å²) in [6, 6.07) is 17.6. The van der Waals surface area contributed by atoms with Crippen LogP contribution in [-0.2, 0) is 21.4 Å². The standard InChI is InChI=1S/C23H21Cl2N3O4S/c1-16-9-11-18(12-10-16)33(31,32)28(14-19-20(24)6-4-7-21(19)25)15-23(30)27-26-13-17-5-2-3-8-22(17)29/h2-13,29H,14-15H2,1H3,(H,27,30)/b26-13-. The minimum atomic E-state index is -4.07. The number of hydrogen-bond acceptors (Lipinski definition) is 5. The molecule has 33 heavy (non-hydrogen) atoms. The molecular weight excluding hydrogens is 485 g/mol. The van der Waals surface area contributed by atoms with E-state index in [0.29, 0.717) is 11.1 Å². The van der Waals surface area contributed by atoms with Crippen LogP contribution in [0.15, 0.2) is 76.7 Å². The predicted octanol–water partition coefficient (Wildman–Crippen LogP) is 4.35. The Morgan fingerprint density at radius 1 is 1.03 bits per heavy atom. The summed E-state index contributed by atoms with van der Waals surface area (Å²) in [6.45, 7) is 1.09. The summed E-state index contributed by atoms with van der Waals surface area (Å²) in [5.41, 5.74) is 3.95. The van der Waals surface area contributed by atoms with Gasteiger partial charge in [-0.25, -0.2) is 13.8 Å². The number of hydrogen-bond donors (Lipinski definition) is 2. The van der Waals surface area contributed by atoms with E-state index in [4.69, 9.17) is 23.2 Å². The SMILES string of the molecule is Cc1ccc(S(=O)(=O)N(CC(=O)N/N=C\c2ccccc2O)Cc2c(Cl)cccc2Cl)cc1. The van der Waals surface area contributed by atoms with Crippen molar-refractivity contribution in [3.8, 4) is 5.75 Å². The van der Waals surface area contributed by atoms with Crippen molar-refractivity contribution in [2.24, 2.45) is 5.10 Å². The normalized spacial score (nSPS) is 11.8. The van der Waals surface area contributed by atoms with Gasteiger partial charge in [0, 0.05) is 27.7 Å². The van der Waals surface area contributed by atoms with Crippen molar-refractivity contribution in [2.45, 2.75) is 18.4 Å². The lowest BCUT2D eigenvalue weighted by Crippen LogP contribution is -2.39. The van der Waals surface area contributed by atoms with Crippen LogP contribution in [0.3, 0.4) is 0 Å². The minimum Gasteiger partial charge on any atom is -0.507 e. The lowest BCUT2D eigenvalue weighted by atomic mass is 10.2. The zero-order valence-electron chi connectivity index (χ0n) is 17.6. The van der Waals surface area contributed by atoms with Crippen molar-refractivity contribution in [2.75, 3.05) is 6.54 Å². The Bertz CT molecular complexity index is 1260. The fourth-order valence-corrected chi connectivity index (χ4v) is 4.79. The third-order valence-corrected chi connectivity index (χ3v) is 7.22. The zero-order chi connectivity index (χ0) is 24.0. The van der Waals surface area contributed by atoms with Gasteiger partial charge in [-0.2, -0.15) is 9.41 Å². The van der Waals surface area contributed by atoms with Gasteiger partial charge in [-0.3, -0.25) is 4.79 Å². The first kappa shape index (κ1) is 24.7. The first-order chi connectivity index (χ1) is 15.7. The number of carbonyl (C=O) groups is 1. The number of nitrogens with one attached hydrogen (secondary N) is 1. The van der Waals surface area contributed by atoms with Gasteiger partial charge in [-0.15, -0.1) is 0 Å². The van der Waals surface area contributed by atoms with Gasteiger partial charge in [0.15, 0.2) is 0 Å². The van der Waals surface area contributed by atoms with Crippen molar-refractivity contribution in [3.63, 3.8) is 0 Å². The van der Waals surface area contributed by atoms with E-state index in [1.807, 2.05) is 6.92 Å². The molecule has 0 bridgehead atoms. The molecule has 0 atom stereocenters. The molecule has 2 N–H and O–H groups in total. The number of nitrogens with zero attached hydrogens (tertiary/aromatic N) is 2. The van der Waals surface area contributed by atoms with E-state index < -0.39 is 22.5 Å². The number of para-hydroxylation sites is 1. The summed E-state index contributed by atoms with van der Waals surface area (Å²) in [6.07, 6.45) is 1.26. The number of aryl methyl sites for hydroxylation is 1. The molecule has 3 rings (SSSR count). The van der Waals surface area contributed by atoms with Crippen LogP contribution in [0.25, 0.3) is 0 Å². The molecule has 0 unspecified atom stereocenters. The number of amides is 1. The van der Waals surface area contributed by atoms with Crippen LogP contribution in [0.2, 0.25) is 10.0 Å². The maximum absolute atomic E-state index is 13.3. The molecule has 0 radical (unpaired) electrons. The van der Waals surface area contributed by atoms with Gasteiger partial charge in [0.1, 0.15) is 5.75 Å². The van der Waals surface area contributed by atoms with Crippen molar-refractivity contribution in [1.29, 1.82) is 0 Å². The number of halogens is 2. The van der Waals surface area contributed by atoms with Crippen LogP contribution < -0.4 is 5.43 Å². The van der Waals surface area contributed by atoms with Gasteiger partial charge in [0.05, 0.1) is 17.7 Å². The summed E-state index contributed by atoms with van der Waals surface area (Å²) in [7, 11) is -4.07. The Morgan fingerprint density at radius 2 is 1.67 bits per heavy atom. The van der Waals surface area contributed by atoms with E-state index >= 15 is 0 Å². The third-order valence-electron chi connectivity index (χ3n) is 4.70. The number of aromatic hydroxyl groups is 1. The second kappa shape index (κ2) is 10.8. The first-order valence-electron chi connectivity index (χ1n) is 9.78. The smallest absolute Gasteiger partial charge is 0.255 e. The molecule has 0 saturated heterocycles. The molecule has 0 aliphatic rings. The summed E-state index contributed by atoms with van der Waals surface area (Å²) in [5.74, 6) is -0.687.